The molecule has 12 rings (SSSR count). The molecule has 0 aromatic heterocycles. The van der Waals surface area contributed by atoms with Gasteiger partial charge in [-0.05, 0) is 134 Å². The molecule has 9 aromatic rings. The predicted octanol–water partition coefficient (Wildman–Crippen LogP) is 18.2. The second-order valence-electron chi connectivity index (χ2n) is 19.2. The zero-order valence-electron chi connectivity index (χ0n) is 40.5. The minimum absolute atomic E-state index is 0.0726. The van der Waals surface area contributed by atoms with Crippen LogP contribution >= 0.6 is 0 Å². The first-order valence-corrected chi connectivity index (χ1v) is 24.6. The van der Waals surface area contributed by atoms with Crippen molar-refractivity contribution in [2.24, 2.45) is 0 Å². The van der Waals surface area contributed by atoms with Gasteiger partial charge in [0.2, 0.25) is 0 Å². The highest BCUT2D eigenvalue weighted by atomic mass is 16.5. The normalized spacial score (nSPS) is 15.3. The van der Waals surface area contributed by atoms with Crippen molar-refractivity contribution in [2.75, 3.05) is 0 Å². The molecule has 69 heavy (non-hydrogen) atoms. The molecule has 0 saturated carbocycles. The number of rotatable bonds is 7. The maximum Gasteiger partial charge on any atom is 0.128 e. The van der Waals surface area contributed by atoms with Crippen LogP contribution in [0.3, 0.4) is 0 Å². The Kier molecular flexibility index (Phi) is 13.0. The Hall–Kier alpha value is -7.74. The van der Waals surface area contributed by atoms with E-state index in [0.29, 0.717) is 5.92 Å². The van der Waals surface area contributed by atoms with E-state index >= 15 is 0 Å². The van der Waals surface area contributed by atoms with Crippen molar-refractivity contribution < 1.29 is 4.74 Å². The molecule has 2 aliphatic carbocycles. The molecule has 1 heteroatoms. The number of allylic oxidation sites excluding steroid dienone is 2. The van der Waals surface area contributed by atoms with Crippen LogP contribution in [-0.2, 0) is 11.8 Å². The smallest absolute Gasteiger partial charge is 0.128 e. The van der Waals surface area contributed by atoms with E-state index in [1.807, 2.05) is 6.07 Å². The van der Waals surface area contributed by atoms with Crippen molar-refractivity contribution in [1.29, 1.82) is 0 Å². The van der Waals surface area contributed by atoms with Crippen LogP contribution in [-0.4, -0.2) is 6.10 Å². The molecule has 0 N–H and O–H groups in total. The van der Waals surface area contributed by atoms with Gasteiger partial charge in [0.25, 0.3) is 0 Å². The Balaban J connectivity index is 0.000000134. The van der Waals surface area contributed by atoms with E-state index in [0.717, 1.165) is 12.2 Å². The van der Waals surface area contributed by atoms with E-state index < -0.39 is 0 Å². The molecule has 0 amide bonds. The highest BCUT2D eigenvalue weighted by Crippen LogP contribution is 2.54. The van der Waals surface area contributed by atoms with Crippen molar-refractivity contribution in [1.82, 2.24) is 0 Å². The lowest BCUT2D eigenvalue weighted by Gasteiger charge is -2.25. The predicted molar refractivity (Wildman–Crippen MR) is 293 cm³/mol. The summed E-state index contributed by atoms with van der Waals surface area (Å²) in [6.45, 7) is 11.2. The maximum atomic E-state index is 6.11. The number of benzene rings is 9. The van der Waals surface area contributed by atoms with E-state index in [1.54, 1.807) is 0 Å². The van der Waals surface area contributed by atoms with Crippen molar-refractivity contribution in [2.45, 2.75) is 64.9 Å². The van der Waals surface area contributed by atoms with Gasteiger partial charge in [-0.1, -0.05) is 245 Å². The van der Waals surface area contributed by atoms with Gasteiger partial charge in [0.05, 0.1) is 0 Å². The fourth-order valence-electron chi connectivity index (χ4n) is 10.5. The SMILES string of the molecule is CCCc1cccc(-c2cccc3c2C2C=CC=CC2O3)c1.Cc1ccc(-c2ccc3c(c2)-c2cc(-c4ccccc4)cc(-c4ccccc4)c2C3(C)C)cc1.Cc1cccc(-c2ccccc2)c1. The largest absolute Gasteiger partial charge is 0.485 e. The molecule has 3 aliphatic rings. The highest BCUT2D eigenvalue weighted by Gasteiger charge is 2.38. The Morgan fingerprint density at radius 3 is 1.70 bits per heavy atom. The summed E-state index contributed by atoms with van der Waals surface area (Å²) in [4.78, 5) is 0. The summed E-state index contributed by atoms with van der Waals surface area (Å²) < 4.78 is 6.11. The molecular weight excluding hydrogens is 833 g/mol. The summed E-state index contributed by atoms with van der Waals surface area (Å²) in [6.07, 6.45) is 11.1. The number of fused-ring (bicyclic) bond motifs is 6. The zero-order chi connectivity index (χ0) is 47.3. The van der Waals surface area contributed by atoms with Gasteiger partial charge in [-0.2, -0.15) is 0 Å². The molecule has 338 valence electrons. The van der Waals surface area contributed by atoms with E-state index in [9.17, 15) is 0 Å². The Morgan fingerprint density at radius 2 is 0.986 bits per heavy atom. The number of hydrogen-bond acceptors (Lipinski definition) is 1. The van der Waals surface area contributed by atoms with Crippen LogP contribution < -0.4 is 4.74 Å². The van der Waals surface area contributed by atoms with Gasteiger partial charge in [0, 0.05) is 16.9 Å². The monoisotopic (exact) mass is 892 g/mol. The summed E-state index contributed by atoms with van der Waals surface area (Å²) in [5.74, 6) is 1.37. The molecule has 2 unspecified atom stereocenters. The van der Waals surface area contributed by atoms with Gasteiger partial charge < -0.3 is 4.74 Å². The van der Waals surface area contributed by atoms with Crippen LogP contribution in [0.5, 0.6) is 5.75 Å². The van der Waals surface area contributed by atoms with Gasteiger partial charge in [0.15, 0.2) is 0 Å². The first-order chi connectivity index (χ1) is 33.7. The number of hydrogen-bond donors (Lipinski definition) is 0. The van der Waals surface area contributed by atoms with Gasteiger partial charge >= 0.3 is 0 Å². The number of aryl methyl sites for hydroxylation is 3. The van der Waals surface area contributed by atoms with Crippen molar-refractivity contribution in [3.05, 3.63) is 270 Å². The second kappa shape index (κ2) is 19.8. The van der Waals surface area contributed by atoms with Crippen LogP contribution in [0.15, 0.2) is 237 Å². The Labute approximate surface area is 410 Å². The highest BCUT2D eigenvalue weighted by molar-refractivity contribution is 5.93. The second-order valence-corrected chi connectivity index (χ2v) is 19.2. The molecule has 2 atom stereocenters. The van der Waals surface area contributed by atoms with Crippen molar-refractivity contribution in [3.63, 3.8) is 0 Å². The Morgan fingerprint density at radius 1 is 0.420 bits per heavy atom. The topological polar surface area (TPSA) is 9.23 Å². The van der Waals surface area contributed by atoms with Gasteiger partial charge in [0.1, 0.15) is 11.9 Å². The molecule has 0 bridgehead atoms. The standard InChI is InChI=1S/C34H28.C21H20O.C13H12/c1-23-14-16-25(17-15-23)27-18-19-32-30(20-27)31-22-28(24-10-6-4-7-11-24)21-29(33(31)34(32,2)3)26-12-8-5-9-13-26;1-2-7-15-8-5-9-16(14-15)17-11-6-13-20-21(17)18-10-3-4-12-19(18)22-20;1-11-6-5-9-13(10-11)12-7-3-2-4-8-12/h4-22H,1-3H3;3-6,8-14,18-19H,2,7H2,1H3;2-10H,1H3. The molecule has 0 radical (unpaired) electrons. The molecule has 1 heterocycles. The van der Waals surface area contributed by atoms with Crippen LogP contribution in [0.1, 0.15) is 66.5 Å². The van der Waals surface area contributed by atoms with Crippen LogP contribution in [0.2, 0.25) is 0 Å². The first kappa shape index (κ1) is 45.1. The fourth-order valence-corrected chi connectivity index (χ4v) is 10.5. The van der Waals surface area contributed by atoms with Crippen LogP contribution in [0.4, 0.5) is 0 Å². The average Bonchev–Trinajstić information content (AvgIpc) is 3.89. The molecule has 0 saturated heterocycles. The lowest BCUT2D eigenvalue weighted by Crippen LogP contribution is -2.16. The molecule has 0 spiro atoms. The van der Waals surface area contributed by atoms with Crippen molar-refractivity contribution >= 4 is 0 Å². The summed E-state index contributed by atoms with van der Waals surface area (Å²) in [6, 6.07) is 76.6. The fraction of sp³-hybridized carbons (Fsp3) is 0.147. The van der Waals surface area contributed by atoms with E-state index in [1.165, 1.54) is 107 Å². The zero-order valence-corrected chi connectivity index (χ0v) is 40.5. The average molecular weight is 893 g/mol. The summed E-state index contributed by atoms with van der Waals surface area (Å²) in [7, 11) is 0. The quantitative estimate of drug-likeness (QED) is 0.155. The lowest BCUT2D eigenvalue weighted by molar-refractivity contribution is 0.269. The van der Waals surface area contributed by atoms with E-state index in [4.69, 9.17) is 4.74 Å². The molecule has 1 nitrogen and oxygen atoms in total. The molecule has 0 fully saturated rings. The summed E-state index contributed by atoms with van der Waals surface area (Å²) in [5, 5.41) is 0. The molecular formula is C68H60O. The Bertz CT molecular complexity index is 3280. The molecule has 9 aromatic carbocycles. The molecule has 1 aliphatic heterocycles. The minimum Gasteiger partial charge on any atom is -0.485 e. The van der Waals surface area contributed by atoms with Crippen molar-refractivity contribution in [3.8, 4) is 72.5 Å². The van der Waals surface area contributed by atoms with Gasteiger partial charge in [-0.15, -0.1) is 0 Å². The van der Waals surface area contributed by atoms with E-state index in [-0.39, 0.29) is 11.5 Å². The van der Waals surface area contributed by atoms with Gasteiger partial charge in [-0.3, -0.25) is 0 Å². The summed E-state index contributed by atoms with van der Waals surface area (Å²) in [5.41, 5.74) is 23.7. The van der Waals surface area contributed by atoms with Gasteiger partial charge in [-0.25, -0.2) is 0 Å². The maximum absolute atomic E-state index is 6.11. The third-order valence-electron chi connectivity index (χ3n) is 14.0. The minimum atomic E-state index is -0.0726. The first-order valence-electron chi connectivity index (χ1n) is 24.6. The van der Waals surface area contributed by atoms with Crippen LogP contribution in [0.25, 0.3) is 66.8 Å². The lowest BCUT2D eigenvalue weighted by atomic mass is 9.78. The van der Waals surface area contributed by atoms with Crippen LogP contribution in [0, 0.1) is 13.8 Å². The number of ether oxygens (including phenoxy) is 1. The third kappa shape index (κ3) is 9.43. The van der Waals surface area contributed by atoms with E-state index in [2.05, 4.69) is 265 Å². The summed E-state index contributed by atoms with van der Waals surface area (Å²) >= 11 is 0. The third-order valence-corrected chi connectivity index (χ3v) is 14.0.